The Bertz CT molecular complexity index is 459. The van der Waals surface area contributed by atoms with Crippen molar-refractivity contribution >= 4 is 11.6 Å². The standard InChI is InChI=1S/C12H8ClFO/c13-10-5-9(6-11(14)7-10)8-1-3-12(15)4-2-8/h1-7,15H. The van der Waals surface area contributed by atoms with Gasteiger partial charge in [-0.25, -0.2) is 4.39 Å². The van der Waals surface area contributed by atoms with Crippen molar-refractivity contribution in [3.8, 4) is 16.9 Å². The molecule has 0 amide bonds. The molecule has 2 aromatic carbocycles. The van der Waals surface area contributed by atoms with Crippen LogP contribution in [0.5, 0.6) is 5.75 Å². The minimum Gasteiger partial charge on any atom is -0.508 e. The highest BCUT2D eigenvalue weighted by molar-refractivity contribution is 6.30. The summed E-state index contributed by atoms with van der Waals surface area (Å²) in [6.45, 7) is 0. The summed E-state index contributed by atoms with van der Waals surface area (Å²) in [5.74, 6) is -0.188. The summed E-state index contributed by atoms with van der Waals surface area (Å²) in [4.78, 5) is 0. The van der Waals surface area contributed by atoms with Gasteiger partial charge in [0.05, 0.1) is 0 Å². The maximum Gasteiger partial charge on any atom is 0.125 e. The largest absolute Gasteiger partial charge is 0.508 e. The smallest absolute Gasteiger partial charge is 0.125 e. The van der Waals surface area contributed by atoms with Gasteiger partial charge in [0.1, 0.15) is 11.6 Å². The van der Waals surface area contributed by atoms with Crippen molar-refractivity contribution in [1.29, 1.82) is 0 Å². The Morgan fingerprint density at radius 2 is 1.60 bits per heavy atom. The molecule has 2 aromatic rings. The molecule has 0 aliphatic heterocycles. The molecule has 1 nitrogen and oxygen atoms in total. The molecule has 0 bridgehead atoms. The van der Waals surface area contributed by atoms with E-state index in [-0.39, 0.29) is 11.6 Å². The summed E-state index contributed by atoms with van der Waals surface area (Å²) in [7, 11) is 0. The normalized spacial score (nSPS) is 10.3. The Balaban J connectivity index is 2.49. The fraction of sp³-hybridized carbons (Fsp3) is 0. The first-order chi connectivity index (χ1) is 7.15. The lowest BCUT2D eigenvalue weighted by Crippen LogP contribution is -1.80. The third-order valence-electron chi connectivity index (χ3n) is 2.06. The molecule has 2 rings (SSSR count). The number of phenols is 1. The molecule has 0 atom stereocenters. The average Bonchev–Trinajstić information content (AvgIpc) is 2.17. The SMILES string of the molecule is Oc1ccc(-c2cc(F)cc(Cl)c2)cc1. The van der Waals surface area contributed by atoms with Gasteiger partial charge >= 0.3 is 0 Å². The molecule has 0 unspecified atom stereocenters. The van der Waals surface area contributed by atoms with E-state index in [1.807, 2.05) is 0 Å². The fourth-order valence-electron chi connectivity index (χ4n) is 1.37. The Hall–Kier alpha value is -1.54. The Kier molecular flexibility index (Phi) is 2.60. The Labute approximate surface area is 91.8 Å². The molecular formula is C12H8ClFO. The molecule has 0 aliphatic rings. The van der Waals surface area contributed by atoms with Crippen LogP contribution in [0.25, 0.3) is 11.1 Å². The lowest BCUT2D eigenvalue weighted by atomic mass is 10.1. The quantitative estimate of drug-likeness (QED) is 0.777. The number of aromatic hydroxyl groups is 1. The predicted molar refractivity (Wildman–Crippen MR) is 58.5 cm³/mol. The van der Waals surface area contributed by atoms with E-state index in [4.69, 9.17) is 16.7 Å². The Morgan fingerprint density at radius 1 is 0.933 bits per heavy atom. The van der Waals surface area contributed by atoms with Gasteiger partial charge in [0.15, 0.2) is 0 Å². The van der Waals surface area contributed by atoms with Crippen molar-refractivity contribution < 1.29 is 9.50 Å². The van der Waals surface area contributed by atoms with Gasteiger partial charge in [-0.05, 0) is 41.5 Å². The van der Waals surface area contributed by atoms with Crippen LogP contribution < -0.4 is 0 Å². The molecule has 15 heavy (non-hydrogen) atoms. The first-order valence-corrected chi connectivity index (χ1v) is 4.78. The summed E-state index contributed by atoms with van der Waals surface area (Å²) in [6.07, 6.45) is 0. The molecule has 0 saturated carbocycles. The summed E-state index contributed by atoms with van der Waals surface area (Å²) < 4.78 is 13.1. The second-order valence-corrected chi connectivity index (χ2v) is 3.64. The minimum atomic E-state index is -0.370. The Morgan fingerprint density at radius 3 is 2.20 bits per heavy atom. The van der Waals surface area contributed by atoms with E-state index in [0.29, 0.717) is 10.6 Å². The second kappa shape index (κ2) is 3.91. The van der Waals surface area contributed by atoms with Gasteiger partial charge in [-0.15, -0.1) is 0 Å². The highest BCUT2D eigenvalue weighted by atomic mass is 35.5. The summed E-state index contributed by atoms with van der Waals surface area (Å²) in [5.41, 5.74) is 1.51. The molecule has 0 aromatic heterocycles. The van der Waals surface area contributed by atoms with E-state index in [0.717, 1.165) is 5.56 Å². The third-order valence-corrected chi connectivity index (χ3v) is 2.28. The number of rotatable bonds is 1. The second-order valence-electron chi connectivity index (χ2n) is 3.20. The van der Waals surface area contributed by atoms with E-state index in [9.17, 15) is 4.39 Å². The molecule has 0 saturated heterocycles. The average molecular weight is 223 g/mol. The first-order valence-electron chi connectivity index (χ1n) is 4.40. The lowest BCUT2D eigenvalue weighted by molar-refractivity contribution is 0.475. The third kappa shape index (κ3) is 2.28. The number of halogens is 2. The van der Waals surface area contributed by atoms with Crippen LogP contribution in [-0.2, 0) is 0 Å². The van der Waals surface area contributed by atoms with E-state index in [2.05, 4.69) is 0 Å². The van der Waals surface area contributed by atoms with Crippen molar-refractivity contribution in [3.05, 3.63) is 53.3 Å². The van der Waals surface area contributed by atoms with Crippen LogP contribution in [0.3, 0.4) is 0 Å². The van der Waals surface area contributed by atoms with Crippen molar-refractivity contribution in [2.45, 2.75) is 0 Å². The topological polar surface area (TPSA) is 20.2 Å². The zero-order chi connectivity index (χ0) is 10.8. The van der Waals surface area contributed by atoms with E-state index in [1.54, 1.807) is 30.3 Å². The monoisotopic (exact) mass is 222 g/mol. The van der Waals surface area contributed by atoms with Gasteiger partial charge in [-0.3, -0.25) is 0 Å². The number of benzene rings is 2. The van der Waals surface area contributed by atoms with Gasteiger partial charge in [-0.1, -0.05) is 23.7 Å². The minimum absolute atomic E-state index is 0.182. The summed E-state index contributed by atoms with van der Waals surface area (Å²) >= 11 is 5.74. The van der Waals surface area contributed by atoms with Crippen LogP contribution in [0.2, 0.25) is 5.02 Å². The van der Waals surface area contributed by atoms with Crippen molar-refractivity contribution in [2.24, 2.45) is 0 Å². The van der Waals surface area contributed by atoms with Gasteiger partial charge < -0.3 is 5.11 Å². The maximum absolute atomic E-state index is 13.1. The van der Waals surface area contributed by atoms with Crippen LogP contribution in [0, 0.1) is 5.82 Å². The van der Waals surface area contributed by atoms with Crippen LogP contribution in [0.1, 0.15) is 0 Å². The molecule has 0 aliphatic carbocycles. The van der Waals surface area contributed by atoms with Gasteiger partial charge in [-0.2, -0.15) is 0 Å². The van der Waals surface area contributed by atoms with Gasteiger partial charge in [0.2, 0.25) is 0 Å². The molecular weight excluding hydrogens is 215 g/mol. The van der Waals surface area contributed by atoms with Crippen molar-refractivity contribution in [1.82, 2.24) is 0 Å². The molecule has 0 heterocycles. The number of hydrogen-bond acceptors (Lipinski definition) is 1. The van der Waals surface area contributed by atoms with Crippen LogP contribution in [-0.4, -0.2) is 5.11 Å². The zero-order valence-corrected chi connectivity index (χ0v) is 8.50. The van der Waals surface area contributed by atoms with Gasteiger partial charge in [0.25, 0.3) is 0 Å². The van der Waals surface area contributed by atoms with Crippen LogP contribution >= 0.6 is 11.6 Å². The number of hydrogen-bond donors (Lipinski definition) is 1. The predicted octanol–water partition coefficient (Wildman–Crippen LogP) is 3.85. The van der Waals surface area contributed by atoms with Crippen molar-refractivity contribution in [3.63, 3.8) is 0 Å². The molecule has 0 radical (unpaired) electrons. The van der Waals surface area contributed by atoms with E-state index in [1.165, 1.54) is 12.1 Å². The van der Waals surface area contributed by atoms with E-state index < -0.39 is 0 Å². The number of phenolic OH excluding ortho intramolecular Hbond substituents is 1. The van der Waals surface area contributed by atoms with Gasteiger partial charge in [0, 0.05) is 5.02 Å². The molecule has 0 fully saturated rings. The molecule has 0 spiro atoms. The highest BCUT2D eigenvalue weighted by Gasteiger charge is 2.01. The lowest BCUT2D eigenvalue weighted by Gasteiger charge is -2.02. The van der Waals surface area contributed by atoms with Crippen LogP contribution in [0.4, 0.5) is 4.39 Å². The summed E-state index contributed by atoms with van der Waals surface area (Å²) in [6, 6.07) is 10.9. The summed E-state index contributed by atoms with van der Waals surface area (Å²) in [5, 5.41) is 9.47. The van der Waals surface area contributed by atoms with Crippen molar-refractivity contribution in [2.75, 3.05) is 0 Å². The molecule has 76 valence electrons. The first kappa shape index (κ1) is 9.99. The fourth-order valence-corrected chi connectivity index (χ4v) is 1.60. The van der Waals surface area contributed by atoms with E-state index >= 15 is 0 Å². The molecule has 1 N–H and O–H groups in total. The molecule has 3 heteroatoms. The maximum atomic E-state index is 13.1. The zero-order valence-electron chi connectivity index (χ0n) is 7.74. The van der Waals surface area contributed by atoms with Crippen LogP contribution in [0.15, 0.2) is 42.5 Å². The highest BCUT2D eigenvalue weighted by Crippen LogP contribution is 2.25.